The lowest BCUT2D eigenvalue weighted by Gasteiger charge is -2.03. The Morgan fingerprint density at radius 3 is 2.80 bits per heavy atom. The number of aromatic nitrogens is 4. The molecule has 2 heterocycles. The quantitative estimate of drug-likeness (QED) is 0.653. The van der Waals surface area contributed by atoms with Gasteiger partial charge in [-0.3, -0.25) is 4.57 Å². The smallest absolute Gasteiger partial charge is 0.223 e. The van der Waals surface area contributed by atoms with Gasteiger partial charge in [0.2, 0.25) is 11.8 Å². The molecule has 0 saturated carbocycles. The van der Waals surface area contributed by atoms with E-state index >= 15 is 0 Å². The summed E-state index contributed by atoms with van der Waals surface area (Å²) in [6.45, 7) is 0. The lowest BCUT2D eigenvalue weighted by molar-refractivity contribution is 0.958. The minimum atomic E-state index is 0.0580. The number of hydrogen-bond donors (Lipinski definition) is 2. The third-order valence-corrected chi connectivity index (χ3v) is 1.74. The van der Waals surface area contributed by atoms with Crippen molar-refractivity contribution < 1.29 is 0 Å². The Morgan fingerprint density at radius 2 is 2.13 bits per heavy atom. The molecule has 0 fully saturated rings. The highest BCUT2D eigenvalue weighted by Crippen LogP contribution is 2.11. The normalized spacial score (nSPS) is 9.80. The van der Waals surface area contributed by atoms with Crippen molar-refractivity contribution in [3.8, 4) is 11.9 Å². The summed E-state index contributed by atoms with van der Waals surface area (Å²) in [5.74, 6) is 0.944. The fourth-order valence-corrected chi connectivity index (χ4v) is 1.17. The Labute approximate surface area is 85.0 Å². The Morgan fingerprint density at radius 1 is 1.33 bits per heavy atom. The SMILES string of the molecule is N#Cc1nccn1-c1cc(N)nc(N)n1. The molecule has 0 saturated heterocycles. The lowest BCUT2D eigenvalue weighted by Crippen LogP contribution is -2.06. The summed E-state index contributed by atoms with van der Waals surface area (Å²) in [7, 11) is 0. The molecule has 0 amide bonds. The monoisotopic (exact) mass is 201 g/mol. The van der Waals surface area contributed by atoms with Crippen molar-refractivity contribution in [2.24, 2.45) is 0 Å². The summed E-state index contributed by atoms with van der Waals surface area (Å²) in [5.41, 5.74) is 10.9. The maximum Gasteiger partial charge on any atom is 0.223 e. The summed E-state index contributed by atoms with van der Waals surface area (Å²) < 4.78 is 1.48. The molecule has 0 aliphatic heterocycles. The first kappa shape index (κ1) is 8.96. The van der Waals surface area contributed by atoms with E-state index in [0.29, 0.717) is 5.82 Å². The summed E-state index contributed by atoms with van der Waals surface area (Å²) in [4.78, 5) is 11.5. The number of anilines is 2. The Hall–Kier alpha value is -2.62. The van der Waals surface area contributed by atoms with E-state index in [4.69, 9.17) is 16.7 Å². The van der Waals surface area contributed by atoms with Crippen LogP contribution in [0.5, 0.6) is 0 Å². The largest absolute Gasteiger partial charge is 0.383 e. The molecule has 0 unspecified atom stereocenters. The molecule has 0 radical (unpaired) electrons. The van der Waals surface area contributed by atoms with E-state index < -0.39 is 0 Å². The number of nitrogen functional groups attached to an aromatic ring is 2. The Kier molecular flexibility index (Phi) is 1.95. The van der Waals surface area contributed by atoms with Crippen LogP contribution < -0.4 is 11.5 Å². The molecule has 74 valence electrons. The van der Waals surface area contributed by atoms with Crippen LogP contribution in [0.15, 0.2) is 18.5 Å². The van der Waals surface area contributed by atoms with Crippen molar-refractivity contribution >= 4 is 11.8 Å². The van der Waals surface area contributed by atoms with E-state index in [-0.39, 0.29) is 17.6 Å². The fourth-order valence-electron chi connectivity index (χ4n) is 1.17. The average Bonchev–Trinajstić information content (AvgIpc) is 2.63. The van der Waals surface area contributed by atoms with Crippen molar-refractivity contribution in [1.29, 1.82) is 5.26 Å². The zero-order valence-electron chi connectivity index (χ0n) is 7.62. The van der Waals surface area contributed by atoms with Crippen molar-refractivity contribution in [3.63, 3.8) is 0 Å². The molecule has 2 aromatic heterocycles. The molecule has 0 spiro atoms. The van der Waals surface area contributed by atoms with E-state index in [2.05, 4.69) is 15.0 Å². The van der Waals surface area contributed by atoms with E-state index in [0.717, 1.165) is 0 Å². The third-order valence-electron chi connectivity index (χ3n) is 1.74. The van der Waals surface area contributed by atoms with Gasteiger partial charge in [0.1, 0.15) is 17.7 Å². The number of nitrogens with two attached hydrogens (primary N) is 2. The highest BCUT2D eigenvalue weighted by Gasteiger charge is 2.06. The molecule has 7 heteroatoms. The van der Waals surface area contributed by atoms with E-state index in [1.165, 1.54) is 16.8 Å². The molecular formula is C8H7N7. The third kappa shape index (κ3) is 1.55. The van der Waals surface area contributed by atoms with Crippen LogP contribution >= 0.6 is 0 Å². The Balaban J connectivity index is 2.60. The molecule has 15 heavy (non-hydrogen) atoms. The summed E-state index contributed by atoms with van der Waals surface area (Å²) >= 11 is 0. The van der Waals surface area contributed by atoms with Crippen LogP contribution in [0.1, 0.15) is 5.82 Å². The van der Waals surface area contributed by atoms with Crippen LogP contribution in [0, 0.1) is 11.3 Å². The number of imidazole rings is 1. The van der Waals surface area contributed by atoms with Gasteiger partial charge in [-0.05, 0) is 0 Å². The first-order valence-corrected chi connectivity index (χ1v) is 4.04. The average molecular weight is 201 g/mol. The van der Waals surface area contributed by atoms with Crippen molar-refractivity contribution in [2.45, 2.75) is 0 Å². The van der Waals surface area contributed by atoms with E-state index in [1.54, 1.807) is 6.20 Å². The van der Waals surface area contributed by atoms with Gasteiger partial charge in [-0.2, -0.15) is 15.2 Å². The molecule has 2 rings (SSSR count). The summed E-state index contributed by atoms with van der Waals surface area (Å²) in [6, 6.07) is 3.44. The predicted molar refractivity (Wildman–Crippen MR) is 52.7 cm³/mol. The van der Waals surface area contributed by atoms with Crippen LogP contribution in [0.25, 0.3) is 5.82 Å². The van der Waals surface area contributed by atoms with E-state index in [9.17, 15) is 0 Å². The number of nitrogens with zero attached hydrogens (tertiary/aromatic N) is 5. The van der Waals surface area contributed by atoms with Crippen LogP contribution in [0.3, 0.4) is 0 Å². The lowest BCUT2D eigenvalue weighted by atomic mass is 10.5. The first-order valence-electron chi connectivity index (χ1n) is 4.04. The maximum absolute atomic E-state index is 8.77. The highest BCUT2D eigenvalue weighted by atomic mass is 15.2. The van der Waals surface area contributed by atoms with Gasteiger partial charge in [0.15, 0.2) is 0 Å². The molecule has 2 aromatic rings. The van der Waals surface area contributed by atoms with Crippen LogP contribution in [0.2, 0.25) is 0 Å². The molecule has 0 bridgehead atoms. The topological polar surface area (TPSA) is 119 Å². The van der Waals surface area contributed by atoms with E-state index in [1.807, 2.05) is 6.07 Å². The molecule has 0 aromatic carbocycles. The van der Waals surface area contributed by atoms with Gasteiger partial charge in [0.05, 0.1) is 0 Å². The van der Waals surface area contributed by atoms with Gasteiger partial charge in [0, 0.05) is 18.5 Å². The van der Waals surface area contributed by atoms with Crippen molar-refractivity contribution in [3.05, 3.63) is 24.3 Å². The number of nitriles is 1. The predicted octanol–water partition coefficient (Wildman–Crippen LogP) is -0.302. The van der Waals surface area contributed by atoms with Crippen LogP contribution in [-0.4, -0.2) is 19.5 Å². The van der Waals surface area contributed by atoms with Crippen molar-refractivity contribution in [1.82, 2.24) is 19.5 Å². The molecule has 0 aliphatic rings. The zero-order valence-corrected chi connectivity index (χ0v) is 7.62. The van der Waals surface area contributed by atoms with Crippen LogP contribution in [-0.2, 0) is 0 Å². The van der Waals surface area contributed by atoms with Crippen molar-refractivity contribution in [2.75, 3.05) is 11.5 Å². The fraction of sp³-hybridized carbons (Fsp3) is 0. The molecular weight excluding hydrogens is 194 g/mol. The van der Waals surface area contributed by atoms with Gasteiger partial charge in [-0.25, -0.2) is 4.98 Å². The number of rotatable bonds is 1. The molecule has 7 nitrogen and oxygen atoms in total. The maximum atomic E-state index is 8.77. The van der Waals surface area contributed by atoms with Gasteiger partial charge >= 0.3 is 0 Å². The van der Waals surface area contributed by atoms with Gasteiger partial charge < -0.3 is 11.5 Å². The second-order valence-electron chi connectivity index (χ2n) is 2.74. The molecule has 0 aliphatic carbocycles. The minimum Gasteiger partial charge on any atom is -0.383 e. The summed E-state index contributed by atoms with van der Waals surface area (Å²) in [6.07, 6.45) is 3.09. The Bertz CT molecular complexity index is 516. The summed E-state index contributed by atoms with van der Waals surface area (Å²) in [5, 5.41) is 8.77. The van der Waals surface area contributed by atoms with Gasteiger partial charge in [0.25, 0.3) is 0 Å². The second kappa shape index (κ2) is 3.26. The standard InChI is InChI=1S/C8H7N7/c9-4-7-12-1-2-15(7)6-3-5(10)13-8(11)14-6/h1-3H,(H4,10,11,13,14). The van der Waals surface area contributed by atoms with Crippen LogP contribution in [0.4, 0.5) is 11.8 Å². The first-order chi connectivity index (χ1) is 7.20. The molecule has 0 atom stereocenters. The number of hydrogen-bond acceptors (Lipinski definition) is 6. The zero-order chi connectivity index (χ0) is 10.8. The minimum absolute atomic E-state index is 0.0580. The molecule has 4 N–H and O–H groups in total. The van der Waals surface area contributed by atoms with Gasteiger partial charge in [-0.1, -0.05) is 0 Å². The second-order valence-corrected chi connectivity index (χ2v) is 2.74. The highest BCUT2D eigenvalue weighted by molar-refractivity contribution is 5.43. The van der Waals surface area contributed by atoms with Gasteiger partial charge in [-0.15, -0.1) is 0 Å².